The van der Waals surface area contributed by atoms with E-state index in [4.69, 9.17) is 21.1 Å². The highest BCUT2D eigenvalue weighted by molar-refractivity contribution is 6.34. The van der Waals surface area contributed by atoms with Crippen LogP contribution < -0.4 is 15.7 Å². The van der Waals surface area contributed by atoms with Crippen LogP contribution >= 0.6 is 11.6 Å². The van der Waals surface area contributed by atoms with Gasteiger partial charge in [0.05, 0.1) is 29.4 Å². The molecule has 13 heteroatoms. The number of alkyl halides is 3. The van der Waals surface area contributed by atoms with Crippen molar-refractivity contribution in [2.45, 2.75) is 39.3 Å². The van der Waals surface area contributed by atoms with Gasteiger partial charge in [-0.3, -0.25) is 9.36 Å². The molecule has 1 aliphatic rings. The van der Waals surface area contributed by atoms with Crippen LogP contribution in [0.25, 0.3) is 5.69 Å². The van der Waals surface area contributed by atoms with Crippen LogP contribution in [0.15, 0.2) is 35.1 Å². The summed E-state index contributed by atoms with van der Waals surface area (Å²) in [5.41, 5.74) is -0.933. The van der Waals surface area contributed by atoms with E-state index in [0.717, 1.165) is 13.0 Å². The summed E-state index contributed by atoms with van der Waals surface area (Å²) in [6.07, 6.45) is -7.11. The molecular formula is C22H19ClF4N4O4. The van der Waals surface area contributed by atoms with E-state index < -0.39 is 46.7 Å². The number of aromatic nitrogens is 3. The second-order valence-electron chi connectivity index (χ2n) is 7.80. The lowest BCUT2D eigenvalue weighted by molar-refractivity contribution is -0.189. The van der Waals surface area contributed by atoms with Gasteiger partial charge in [-0.2, -0.15) is 17.9 Å². The first kappa shape index (κ1) is 24.7. The number of amides is 1. The predicted octanol–water partition coefficient (Wildman–Crippen LogP) is 4.25. The molecular weight excluding hydrogens is 496 g/mol. The molecule has 0 saturated carbocycles. The number of fused-ring (bicyclic) bond motifs is 1. The highest BCUT2D eigenvalue weighted by Crippen LogP contribution is 2.32. The molecule has 1 N–H and O–H groups in total. The predicted molar refractivity (Wildman–Crippen MR) is 118 cm³/mol. The van der Waals surface area contributed by atoms with Crippen LogP contribution in [0.4, 0.5) is 23.2 Å². The average molecular weight is 515 g/mol. The van der Waals surface area contributed by atoms with Gasteiger partial charge in [-0.15, -0.1) is 5.10 Å². The summed E-state index contributed by atoms with van der Waals surface area (Å²) in [5.74, 6) is -2.40. The van der Waals surface area contributed by atoms with Crippen molar-refractivity contribution in [3.8, 4) is 11.4 Å². The van der Waals surface area contributed by atoms with Gasteiger partial charge in [0, 0.05) is 6.07 Å². The lowest BCUT2D eigenvalue weighted by Gasteiger charge is -2.20. The second-order valence-corrected chi connectivity index (χ2v) is 8.21. The van der Waals surface area contributed by atoms with Gasteiger partial charge in [0.15, 0.2) is 11.9 Å². The van der Waals surface area contributed by atoms with E-state index in [0.29, 0.717) is 16.3 Å². The maximum Gasteiger partial charge on any atom is 0.425 e. The van der Waals surface area contributed by atoms with E-state index in [2.05, 4.69) is 10.4 Å². The molecule has 8 nitrogen and oxygen atoms in total. The fourth-order valence-electron chi connectivity index (χ4n) is 3.45. The van der Waals surface area contributed by atoms with Crippen LogP contribution in [-0.2, 0) is 17.9 Å². The van der Waals surface area contributed by atoms with E-state index in [-0.39, 0.29) is 36.3 Å². The minimum absolute atomic E-state index is 0.00992. The third-order valence-corrected chi connectivity index (χ3v) is 5.69. The molecule has 4 rings (SSSR count). The maximum absolute atomic E-state index is 15.2. The molecule has 0 unspecified atom stereocenters. The number of ether oxygens (including phenoxy) is 2. The monoisotopic (exact) mass is 514 g/mol. The molecule has 0 spiro atoms. The highest BCUT2D eigenvalue weighted by Gasteiger charge is 2.39. The summed E-state index contributed by atoms with van der Waals surface area (Å²) in [6.45, 7) is 2.84. The summed E-state index contributed by atoms with van der Waals surface area (Å²) in [5, 5.41) is 6.68. The molecule has 1 atom stereocenters. The van der Waals surface area contributed by atoms with E-state index in [1.54, 1.807) is 19.1 Å². The SMILES string of the molecule is Cc1cccc(Cl)c1NC(=O)c1cc(F)c(-n2nc3n(c2=O)CCOC3)cc1O[C@@H](C)C(F)(F)F. The first-order valence-electron chi connectivity index (χ1n) is 10.4. The molecule has 0 saturated heterocycles. The number of benzene rings is 2. The number of carbonyl (C=O) groups excluding carboxylic acids is 1. The van der Waals surface area contributed by atoms with Crippen molar-refractivity contribution in [2.24, 2.45) is 0 Å². The van der Waals surface area contributed by atoms with Gasteiger partial charge in [-0.05, 0) is 31.5 Å². The van der Waals surface area contributed by atoms with Crippen LogP contribution in [0, 0.1) is 12.7 Å². The second kappa shape index (κ2) is 9.34. The van der Waals surface area contributed by atoms with E-state index >= 15 is 4.39 Å². The third-order valence-electron chi connectivity index (χ3n) is 5.38. The molecule has 2 aromatic carbocycles. The van der Waals surface area contributed by atoms with Gasteiger partial charge in [0.2, 0.25) is 0 Å². The Morgan fingerprint density at radius 3 is 2.71 bits per heavy atom. The number of nitrogens with zero attached hydrogens (tertiary/aromatic N) is 3. The highest BCUT2D eigenvalue weighted by atomic mass is 35.5. The van der Waals surface area contributed by atoms with Crippen molar-refractivity contribution in [1.29, 1.82) is 0 Å². The molecule has 0 radical (unpaired) electrons. The topological polar surface area (TPSA) is 87.4 Å². The van der Waals surface area contributed by atoms with Crippen LogP contribution in [-0.4, -0.2) is 39.1 Å². The standard InChI is InChI=1S/C22H19ClF4N4O4/c1-11-4-3-5-14(23)19(11)28-20(32)13-8-15(24)16(9-17(13)35-12(2)22(25,26)27)31-21(33)30-6-7-34-10-18(30)29-31/h3-5,8-9,12H,6-7,10H2,1-2H3,(H,28,32)/t12-/m0/s1. The van der Waals surface area contributed by atoms with Gasteiger partial charge >= 0.3 is 11.9 Å². The van der Waals surface area contributed by atoms with Crippen LogP contribution in [0.5, 0.6) is 5.75 Å². The van der Waals surface area contributed by atoms with Gasteiger partial charge in [0.25, 0.3) is 5.91 Å². The largest absolute Gasteiger partial charge is 0.480 e. The summed E-state index contributed by atoms with van der Waals surface area (Å²) in [6, 6.07) is 6.34. The minimum atomic E-state index is -4.77. The maximum atomic E-state index is 15.2. The van der Waals surface area contributed by atoms with Crippen LogP contribution in [0.3, 0.4) is 0 Å². The third kappa shape index (κ3) is 4.89. The lowest BCUT2D eigenvalue weighted by Crippen LogP contribution is -2.32. The number of hydrogen-bond donors (Lipinski definition) is 1. The number of carbonyl (C=O) groups is 1. The van der Waals surface area contributed by atoms with Crippen LogP contribution in [0.1, 0.15) is 28.7 Å². The van der Waals surface area contributed by atoms with Crippen molar-refractivity contribution in [1.82, 2.24) is 14.3 Å². The van der Waals surface area contributed by atoms with E-state index in [1.807, 2.05) is 0 Å². The normalized spacial score (nSPS) is 14.4. The summed E-state index contributed by atoms with van der Waals surface area (Å²) >= 11 is 6.12. The molecule has 0 bridgehead atoms. The summed E-state index contributed by atoms with van der Waals surface area (Å²) < 4.78 is 67.1. The number of nitrogens with one attached hydrogen (secondary N) is 1. The van der Waals surface area contributed by atoms with Crippen molar-refractivity contribution >= 4 is 23.2 Å². The Morgan fingerprint density at radius 2 is 2.06 bits per heavy atom. The molecule has 0 fully saturated rings. The molecule has 186 valence electrons. The fraction of sp³-hybridized carbons (Fsp3) is 0.318. The number of rotatable bonds is 5. The average Bonchev–Trinajstić information content (AvgIpc) is 3.13. The van der Waals surface area contributed by atoms with E-state index in [9.17, 15) is 22.8 Å². The quantitative estimate of drug-likeness (QED) is 0.514. The Balaban J connectivity index is 1.81. The Morgan fingerprint density at radius 1 is 1.31 bits per heavy atom. The Kier molecular flexibility index (Phi) is 6.60. The van der Waals surface area contributed by atoms with E-state index in [1.165, 1.54) is 10.6 Å². The number of halogens is 5. The zero-order chi connectivity index (χ0) is 25.5. The van der Waals surface area contributed by atoms with Gasteiger partial charge in [-0.25, -0.2) is 9.18 Å². The Hall–Kier alpha value is -3.38. The smallest absolute Gasteiger partial charge is 0.425 e. The molecule has 0 aliphatic carbocycles. The Bertz CT molecular complexity index is 1330. The van der Waals surface area contributed by atoms with Crippen molar-refractivity contribution < 1.29 is 31.8 Å². The number of hydrogen-bond acceptors (Lipinski definition) is 5. The molecule has 35 heavy (non-hydrogen) atoms. The molecule has 1 aromatic heterocycles. The summed E-state index contributed by atoms with van der Waals surface area (Å²) in [4.78, 5) is 25.7. The summed E-state index contributed by atoms with van der Waals surface area (Å²) in [7, 11) is 0. The number of anilines is 1. The van der Waals surface area contributed by atoms with Crippen LogP contribution in [0.2, 0.25) is 5.02 Å². The zero-order valence-electron chi connectivity index (χ0n) is 18.4. The van der Waals surface area contributed by atoms with Gasteiger partial charge in [0.1, 0.15) is 23.9 Å². The number of aryl methyl sites for hydroxylation is 1. The van der Waals surface area contributed by atoms with Gasteiger partial charge in [-0.1, -0.05) is 23.7 Å². The molecule has 1 amide bonds. The Labute approximate surface area is 201 Å². The first-order chi connectivity index (χ1) is 16.5. The van der Waals surface area contributed by atoms with Crippen molar-refractivity contribution in [3.63, 3.8) is 0 Å². The number of para-hydroxylation sites is 1. The molecule has 3 aromatic rings. The lowest BCUT2D eigenvalue weighted by atomic mass is 10.1. The van der Waals surface area contributed by atoms with Crippen molar-refractivity contribution in [2.75, 3.05) is 11.9 Å². The minimum Gasteiger partial charge on any atom is -0.480 e. The van der Waals surface area contributed by atoms with Crippen molar-refractivity contribution in [3.05, 3.63) is 68.6 Å². The zero-order valence-corrected chi connectivity index (χ0v) is 19.2. The molecule has 1 aliphatic heterocycles. The van der Waals surface area contributed by atoms with Gasteiger partial charge < -0.3 is 14.8 Å². The first-order valence-corrected chi connectivity index (χ1v) is 10.8. The molecule has 2 heterocycles. The fourth-order valence-corrected chi connectivity index (χ4v) is 3.72.